The molecule has 0 fully saturated rings. The molecule has 0 bridgehead atoms. The highest BCUT2D eigenvalue weighted by Gasteiger charge is 2.13. The lowest BCUT2D eigenvalue weighted by molar-refractivity contribution is -0.115. The van der Waals surface area contributed by atoms with E-state index in [0.717, 1.165) is 5.56 Å². The highest BCUT2D eigenvalue weighted by molar-refractivity contribution is 6.36. The Hall–Kier alpha value is -1.91. The molecule has 0 unspecified atom stereocenters. The number of aromatic hydroxyl groups is 1. The van der Waals surface area contributed by atoms with Crippen molar-refractivity contribution in [2.75, 3.05) is 12.4 Å². The zero-order valence-electron chi connectivity index (χ0n) is 11.2. The summed E-state index contributed by atoms with van der Waals surface area (Å²) in [7, 11) is 1.54. The molecule has 21 heavy (non-hydrogen) atoms. The second kappa shape index (κ2) is 6.70. The molecule has 0 radical (unpaired) electrons. The average molecular weight is 326 g/mol. The van der Waals surface area contributed by atoms with Gasteiger partial charge in [0.05, 0.1) is 24.2 Å². The van der Waals surface area contributed by atoms with E-state index >= 15 is 0 Å². The van der Waals surface area contributed by atoms with Gasteiger partial charge in [0.25, 0.3) is 0 Å². The van der Waals surface area contributed by atoms with Gasteiger partial charge in [-0.2, -0.15) is 0 Å². The summed E-state index contributed by atoms with van der Waals surface area (Å²) in [6, 6.07) is 10.0. The second-order valence-corrected chi connectivity index (χ2v) is 5.16. The maximum absolute atomic E-state index is 12.1. The molecule has 0 atom stereocenters. The van der Waals surface area contributed by atoms with E-state index in [2.05, 4.69) is 5.32 Å². The first-order chi connectivity index (χ1) is 10.0. The fourth-order valence-corrected chi connectivity index (χ4v) is 2.37. The quantitative estimate of drug-likeness (QED) is 0.838. The molecule has 0 heterocycles. The third kappa shape index (κ3) is 3.80. The molecule has 2 aromatic rings. The molecule has 6 heteroatoms. The van der Waals surface area contributed by atoms with E-state index in [-0.39, 0.29) is 28.8 Å². The summed E-state index contributed by atoms with van der Waals surface area (Å²) in [6.45, 7) is 0. The van der Waals surface area contributed by atoms with Crippen molar-refractivity contribution in [3.63, 3.8) is 0 Å². The van der Waals surface area contributed by atoms with Crippen molar-refractivity contribution in [2.45, 2.75) is 6.42 Å². The van der Waals surface area contributed by atoms with Gasteiger partial charge in [-0.25, -0.2) is 0 Å². The second-order valence-electron chi connectivity index (χ2n) is 4.32. The summed E-state index contributed by atoms with van der Waals surface area (Å²) >= 11 is 11.7. The molecule has 0 spiro atoms. The van der Waals surface area contributed by atoms with E-state index in [1.54, 1.807) is 19.2 Å². The Kier molecular flexibility index (Phi) is 4.94. The molecule has 2 N–H and O–H groups in total. The SMILES string of the molecule is COc1ccccc1CC(=O)Nc1cc(Cl)cc(Cl)c1O. The fraction of sp³-hybridized carbons (Fsp3) is 0.133. The van der Waals surface area contributed by atoms with E-state index < -0.39 is 0 Å². The van der Waals surface area contributed by atoms with Gasteiger partial charge in [0.2, 0.25) is 5.91 Å². The first-order valence-corrected chi connectivity index (χ1v) is 6.86. The lowest BCUT2D eigenvalue weighted by atomic mass is 10.1. The topological polar surface area (TPSA) is 58.6 Å². The number of para-hydroxylation sites is 1. The predicted octanol–water partition coefficient (Wildman–Crippen LogP) is 3.89. The summed E-state index contributed by atoms with van der Waals surface area (Å²) in [5.74, 6) is 0.101. The van der Waals surface area contributed by atoms with Crippen LogP contribution in [0.4, 0.5) is 5.69 Å². The van der Waals surface area contributed by atoms with Gasteiger partial charge in [0.1, 0.15) is 5.75 Å². The Balaban J connectivity index is 2.16. The van der Waals surface area contributed by atoms with Crippen LogP contribution in [0.25, 0.3) is 0 Å². The monoisotopic (exact) mass is 325 g/mol. The highest BCUT2D eigenvalue weighted by atomic mass is 35.5. The highest BCUT2D eigenvalue weighted by Crippen LogP contribution is 2.35. The number of phenols is 1. The number of hydrogen-bond acceptors (Lipinski definition) is 3. The maximum Gasteiger partial charge on any atom is 0.229 e. The molecule has 4 nitrogen and oxygen atoms in total. The third-order valence-corrected chi connectivity index (χ3v) is 3.35. The third-order valence-electron chi connectivity index (χ3n) is 2.85. The number of phenolic OH excluding ortho intramolecular Hbond substituents is 1. The summed E-state index contributed by atoms with van der Waals surface area (Å²) in [6.07, 6.45) is 0.105. The van der Waals surface area contributed by atoms with Gasteiger partial charge in [0.15, 0.2) is 5.75 Å². The molecule has 0 aliphatic carbocycles. The minimum absolute atomic E-state index is 0.0788. The number of amides is 1. The van der Waals surface area contributed by atoms with E-state index in [0.29, 0.717) is 10.8 Å². The van der Waals surface area contributed by atoms with Crippen molar-refractivity contribution < 1.29 is 14.6 Å². The molecule has 0 saturated carbocycles. The maximum atomic E-state index is 12.1. The van der Waals surface area contributed by atoms with Gasteiger partial charge in [0, 0.05) is 10.6 Å². The van der Waals surface area contributed by atoms with Crippen molar-refractivity contribution in [2.24, 2.45) is 0 Å². The molecule has 0 aliphatic heterocycles. The number of methoxy groups -OCH3 is 1. The normalized spacial score (nSPS) is 10.2. The summed E-state index contributed by atoms with van der Waals surface area (Å²) in [5.41, 5.74) is 0.914. The van der Waals surface area contributed by atoms with E-state index in [9.17, 15) is 9.90 Å². The number of anilines is 1. The average Bonchev–Trinajstić information content (AvgIpc) is 2.44. The molecule has 2 rings (SSSR count). The van der Waals surface area contributed by atoms with Crippen LogP contribution in [0.5, 0.6) is 11.5 Å². The first kappa shape index (κ1) is 15.5. The Morgan fingerprint density at radius 2 is 2.00 bits per heavy atom. The van der Waals surface area contributed by atoms with Crippen LogP contribution >= 0.6 is 23.2 Å². The number of nitrogens with one attached hydrogen (secondary N) is 1. The van der Waals surface area contributed by atoms with Gasteiger partial charge in [-0.1, -0.05) is 41.4 Å². The minimum Gasteiger partial charge on any atom is -0.504 e. The number of hydrogen-bond donors (Lipinski definition) is 2. The summed E-state index contributed by atoms with van der Waals surface area (Å²) in [5, 5.41) is 12.8. The fourth-order valence-electron chi connectivity index (χ4n) is 1.88. The number of carbonyl (C=O) groups excluding carboxylic acids is 1. The van der Waals surface area contributed by atoms with Crippen LogP contribution in [-0.2, 0) is 11.2 Å². The Morgan fingerprint density at radius 1 is 1.29 bits per heavy atom. The van der Waals surface area contributed by atoms with Gasteiger partial charge in [-0.3, -0.25) is 4.79 Å². The van der Waals surface area contributed by atoms with Gasteiger partial charge in [-0.15, -0.1) is 0 Å². The predicted molar refractivity (Wildman–Crippen MR) is 83.5 cm³/mol. The van der Waals surface area contributed by atoms with E-state index in [1.165, 1.54) is 12.1 Å². The minimum atomic E-state index is -0.312. The van der Waals surface area contributed by atoms with Crippen LogP contribution in [0.15, 0.2) is 36.4 Å². The van der Waals surface area contributed by atoms with E-state index in [4.69, 9.17) is 27.9 Å². The molecular formula is C15H13Cl2NO3. The van der Waals surface area contributed by atoms with Crippen molar-refractivity contribution >= 4 is 34.8 Å². The molecule has 1 amide bonds. The number of rotatable bonds is 4. The van der Waals surface area contributed by atoms with Crippen molar-refractivity contribution in [1.82, 2.24) is 0 Å². The molecule has 110 valence electrons. The smallest absolute Gasteiger partial charge is 0.229 e. The molecule has 0 aliphatic rings. The van der Waals surface area contributed by atoms with Crippen LogP contribution < -0.4 is 10.1 Å². The van der Waals surface area contributed by atoms with Crippen LogP contribution in [0, 0.1) is 0 Å². The number of halogens is 2. The van der Waals surface area contributed by atoms with Crippen LogP contribution in [0.3, 0.4) is 0 Å². The number of ether oxygens (including phenoxy) is 1. The molecular weight excluding hydrogens is 313 g/mol. The van der Waals surface area contributed by atoms with Crippen molar-refractivity contribution in [3.05, 3.63) is 52.0 Å². The first-order valence-electron chi connectivity index (χ1n) is 6.11. The van der Waals surface area contributed by atoms with Gasteiger partial charge >= 0.3 is 0 Å². The molecule has 0 saturated heterocycles. The number of carbonyl (C=O) groups is 1. The van der Waals surface area contributed by atoms with E-state index in [1.807, 2.05) is 12.1 Å². The zero-order valence-corrected chi connectivity index (χ0v) is 12.7. The Bertz CT molecular complexity index is 674. The van der Waals surface area contributed by atoms with Crippen molar-refractivity contribution in [3.8, 4) is 11.5 Å². The summed E-state index contributed by atoms with van der Waals surface area (Å²) < 4.78 is 5.19. The zero-order chi connectivity index (χ0) is 15.4. The molecule has 2 aromatic carbocycles. The van der Waals surface area contributed by atoms with Crippen LogP contribution in [0.2, 0.25) is 10.0 Å². The van der Waals surface area contributed by atoms with Crippen LogP contribution in [0.1, 0.15) is 5.56 Å². The largest absolute Gasteiger partial charge is 0.504 e. The Morgan fingerprint density at radius 3 is 2.71 bits per heavy atom. The van der Waals surface area contributed by atoms with Crippen molar-refractivity contribution in [1.29, 1.82) is 0 Å². The lowest BCUT2D eigenvalue weighted by Gasteiger charge is -2.11. The van der Waals surface area contributed by atoms with Gasteiger partial charge < -0.3 is 15.2 Å². The standard InChI is InChI=1S/C15H13Cl2NO3/c1-21-13-5-3-2-4-9(13)6-14(19)18-12-8-10(16)7-11(17)15(12)20/h2-5,7-8,20H,6H2,1H3,(H,18,19). The summed E-state index contributed by atoms with van der Waals surface area (Å²) in [4.78, 5) is 12.1. The lowest BCUT2D eigenvalue weighted by Crippen LogP contribution is -2.15. The van der Waals surface area contributed by atoms with Gasteiger partial charge in [-0.05, 0) is 18.2 Å². The molecule has 0 aromatic heterocycles. The Labute approximate surface area is 132 Å². The number of benzene rings is 2. The van der Waals surface area contributed by atoms with Crippen LogP contribution in [-0.4, -0.2) is 18.1 Å².